The number of allylic oxidation sites excluding steroid dienone is 1. The second-order valence-corrected chi connectivity index (χ2v) is 7.10. The zero-order chi connectivity index (χ0) is 24.2. The number of carbonyl (C=O) groups is 1. The van der Waals surface area contributed by atoms with Gasteiger partial charge < -0.3 is 10.1 Å². The molecule has 0 bridgehead atoms. The molecule has 0 atom stereocenters. The van der Waals surface area contributed by atoms with Crippen LogP contribution in [-0.2, 0) is 17.4 Å². The Hall–Kier alpha value is -4.02. The number of alkyl halides is 3. The number of nitrogens with zero attached hydrogens (tertiary/aromatic N) is 4. The molecule has 3 rings (SSSR count). The van der Waals surface area contributed by atoms with Crippen LogP contribution < -0.4 is 15.4 Å². The summed E-state index contributed by atoms with van der Waals surface area (Å²) in [5.74, 6) is -0.425. The number of hydrogen-bond donors (Lipinski definition) is 2. The van der Waals surface area contributed by atoms with Crippen molar-refractivity contribution < 1.29 is 22.7 Å². The quantitative estimate of drug-likeness (QED) is 0.469. The molecule has 0 saturated carbocycles. The average molecular weight is 458 g/mol. The van der Waals surface area contributed by atoms with Crippen LogP contribution in [-0.4, -0.2) is 32.8 Å². The lowest BCUT2D eigenvalue weighted by Crippen LogP contribution is -2.12. The van der Waals surface area contributed by atoms with Gasteiger partial charge in [0.1, 0.15) is 11.4 Å². The van der Waals surface area contributed by atoms with Gasteiger partial charge in [0.05, 0.1) is 7.11 Å². The number of hydrogen-bond acceptors (Lipinski definition) is 8. The number of benzene rings is 1. The summed E-state index contributed by atoms with van der Waals surface area (Å²) in [6, 6.07) is 5.61. The van der Waals surface area contributed by atoms with E-state index in [1.54, 1.807) is 6.92 Å². The van der Waals surface area contributed by atoms with Gasteiger partial charge in [-0.05, 0) is 31.6 Å². The first kappa shape index (κ1) is 23.6. The van der Waals surface area contributed by atoms with E-state index in [0.29, 0.717) is 23.3 Å². The second-order valence-electron chi connectivity index (χ2n) is 7.10. The molecule has 2 N–H and O–H groups in total. The lowest BCUT2D eigenvalue weighted by molar-refractivity contribution is -0.139. The Morgan fingerprint density at radius 2 is 1.82 bits per heavy atom. The summed E-state index contributed by atoms with van der Waals surface area (Å²) in [5.41, 5.74) is 2.04. The van der Waals surface area contributed by atoms with Crippen molar-refractivity contribution in [3.8, 4) is 5.88 Å². The molecule has 8 nitrogen and oxygen atoms in total. The van der Waals surface area contributed by atoms with Crippen molar-refractivity contribution in [2.75, 3.05) is 17.7 Å². The van der Waals surface area contributed by atoms with E-state index in [-0.39, 0.29) is 24.1 Å². The molecule has 0 aliphatic carbocycles. The first-order chi connectivity index (χ1) is 15.6. The third-order valence-electron chi connectivity index (χ3n) is 4.55. The Balaban J connectivity index is 1.88. The summed E-state index contributed by atoms with van der Waals surface area (Å²) in [6.07, 6.45) is -1.07. The van der Waals surface area contributed by atoms with Crippen LogP contribution in [0, 0.1) is 13.8 Å². The minimum Gasteiger partial charge on any atom is -0.480 e. The molecule has 0 fully saturated rings. The number of ether oxygens (including phenoxy) is 1. The monoisotopic (exact) mass is 458 g/mol. The number of nitrogens with one attached hydrogen (secondary N) is 2. The molecule has 0 amide bonds. The first-order valence-electron chi connectivity index (χ1n) is 9.71. The number of aryl methyl sites for hydroxylation is 2. The fourth-order valence-electron chi connectivity index (χ4n) is 2.88. The molecule has 3 aromatic rings. The predicted octanol–water partition coefficient (Wildman–Crippen LogP) is 4.70. The fraction of sp³-hybridized carbons (Fsp3) is 0.227. The largest absolute Gasteiger partial charge is 0.480 e. The Morgan fingerprint density at radius 1 is 1.12 bits per heavy atom. The highest BCUT2D eigenvalue weighted by Crippen LogP contribution is 2.35. The van der Waals surface area contributed by atoms with Crippen LogP contribution >= 0.6 is 0 Å². The molecule has 0 unspecified atom stereocenters. The zero-order valence-electron chi connectivity index (χ0n) is 18.1. The van der Waals surface area contributed by atoms with Crippen molar-refractivity contribution in [2.45, 2.75) is 26.4 Å². The molecule has 0 radical (unpaired) electrons. The van der Waals surface area contributed by atoms with Crippen LogP contribution in [0.5, 0.6) is 5.88 Å². The van der Waals surface area contributed by atoms with Crippen molar-refractivity contribution in [1.29, 1.82) is 0 Å². The minimum absolute atomic E-state index is 0.0562. The van der Waals surface area contributed by atoms with Gasteiger partial charge in [-0.3, -0.25) is 10.1 Å². The predicted molar refractivity (Wildman–Crippen MR) is 117 cm³/mol. The lowest BCUT2D eigenvalue weighted by atomic mass is 10.0. The minimum atomic E-state index is -4.65. The van der Waals surface area contributed by atoms with Gasteiger partial charge in [-0.1, -0.05) is 24.3 Å². The van der Waals surface area contributed by atoms with E-state index >= 15 is 0 Å². The fourth-order valence-corrected chi connectivity index (χ4v) is 2.88. The van der Waals surface area contributed by atoms with E-state index in [1.807, 2.05) is 25.1 Å². The van der Waals surface area contributed by atoms with Gasteiger partial charge in [0.15, 0.2) is 5.78 Å². The summed E-state index contributed by atoms with van der Waals surface area (Å²) in [4.78, 5) is 27.8. The standard InChI is InChI=1S/C22H21F3N6O2/c1-5-15(32)9-14-8-12(2)6-7-17(14)28-18-13(3)10-26-20(29-18)31-21-27-11-16(22(23,24)25)19(30-21)33-4/h5-8,10-11H,1,9H2,2-4H3,(H2,26,27,28,29,30,31). The van der Waals surface area contributed by atoms with Gasteiger partial charge in [0.2, 0.25) is 17.8 Å². The van der Waals surface area contributed by atoms with E-state index in [0.717, 1.165) is 18.2 Å². The van der Waals surface area contributed by atoms with E-state index in [2.05, 4.69) is 37.1 Å². The van der Waals surface area contributed by atoms with E-state index in [9.17, 15) is 18.0 Å². The summed E-state index contributed by atoms with van der Waals surface area (Å²) in [6.45, 7) is 7.21. The van der Waals surface area contributed by atoms with Crippen LogP contribution in [0.15, 0.2) is 43.2 Å². The Bertz CT molecular complexity index is 1200. The number of rotatable bonds is 8. The Morgan fingerprint density at radius 3 is 2.48 bits per heavy atom. The van der Waals surface area contributed by atoms with Gasteiger partial charge in [0.25, 0.3) is 0 Å². The molecule has 2 aromatic heterocycles. The van der Waals surface area contributed by atoms with Gasteiger partial charge in [-0.2, -0.15) is 23.1 Å². The van der Waals surface area contributed by atoms with Crippen LogP contribution in [0.2, 0.25) is 0 Å². The number of methoxy groups -OCH3 is 1. The topological polar surface area (TPSA) is 102 Å². The summed E-state index contributed by atoms with van der Waals surface area (Å²) in [5, 5.41) is 5.86. The van der Waals surface area contributed by atoms with Gasteiger partial charge in [0, 0.05) is 30.1 Å². The number of anilines is 4. The van der Waals surface area contributed by atoms with E-state index in [4.69, 9.17) is 4.74 Å². The van der Waals surface area contributed by atoms with Crippen molar-refractivity contribution >= 4 is 29.2 Å². The third-order valence-corrected chi connectivity index (χ3v) is 4.55. The maximum absolute atomic E-state index is 13.0. The first-order valence-corrected chi connectivity index (χ1v) is 9.71. The number of ketones is 1. The lowest BCUT2D eigenvalue weighted by Gasteiger charge is -2.15. The van der Waals surface area contributed by atoms with Crippen LogP contribution in [0.4, 0.5) is 36.6 Å². The molecule has 33 heavy (non-hydrogen) atoms. The maximum atomic E-state index is 13.0. The highest BCUT2D eigenvalue weighted by Gasteiger charge is 2.36. The maximum Gasteiger partial charge on any atom is 0.423 e. The van der Waals surface area contributed by atoms with Crippen molar-refractivity contribution in [3.05, 3.63) is 65.5 Å². The zero-order valence-corrected chi connectivity index (χ0v) is 18.1. The van der Waals surface area contributed by atoms with Crippen LogP contribution in [0.1, 0.15) is 22.3 Å². The van der Waals surface area contributed by atoms with Crippen LogP contribution in [0.3, 0.4) is 0 Å². The average Bonchev–Trinajstić information content (AvgIpc) is 2.76. The van der Waals surface area contributed by atoms with Crippen molar-refractivity contribution in [1.82, 2.24) is 19.9 Å². The summed E-state index contributed by atoms with van der Waals surface area (Å²) in [7, 11) is 1.09. The molecular formula is C22H21F3N6O2. The van der Waals surface area contributed by atoms with Crippen molar-refractivity contribution in [3.63, 3.8) is 0 Å². The molecule has 0 aliphatic rings. The highest BCUT2D eigenvalue weighted by atomic mass is 19.4. The normalized spacial score (nSPS) is 11.1. The Kier molecular flexibility index (Phi) is 6.90. The van der Waals surface area contributed by atoms with Crippen molar-refractivity contribution in [2.24, 2.45) is 0 Å². The van der Waals surface area contributed by atoms with Gasteiger partial charge >= 0.3 is 6.18 Å². The number of halogens is 3. The molecule has 0 aliphatic heterocycles. The van der Waals surface area contributed by atoms with Crippen LogP contribution in [0.25, 0.3) is 0 Å². The van der Waals surface area contributed by atoms with Gasteiger partial charge in [-0.25, -0.2) is 9.97 Å². The Labute approximate surface area is 188 Å². The molecule has 2 heterocycles. The second kappa shape index (κ2) is 9.63. The van der Waals surface area contributed by atoms with E-state index < -0.39 is 17.6 Å². The molecule has 0 spiro atoms. The van der Waals surface area contributed by atoms with Gasteiger partial charge in [-0.15, -0.1) is 0 Å². The third kappa shape index (κ3) is 5.82. The summed E-state index contributed by atoms with van der Waals surface area (Å²) >= 11 is 0. The smallest absolute Gasteiger partial charge is 0.423 e. The number of aromatic nitrogens is 4. The molecular weight excluding hydrogens is 437 g/mol. The molecule has 1 aromatic carbocycles. The number of carbonyl (C=O) groups excluding carboxylic acids is 1. The SMILES string of the molecule is C=CC(=O)Cc1cc(C)ccc1Nc1nc(Nc2ncc(C(F)(F)F)c(OC)n2)ncc1C. The van der Waals surface area contributed by atoms with E-state index in [1.165, 1.54) is 12.3 Å². The molecule has 172 valence electrons. The summed E-state index contributed by atoms with van der Waals surface area (Å²) < 4.78 is 43.8. The molecule has 0 saturated heterocycles. The highest BCUT2D eigenvalue weighted by molar-refractivity contribution is 5.92. The molecule has 11 heteroatoms.